The third kappa shape index (κ3) is 3.73. The van der Waals surface area contributed by atoms with E-state index in [-0.39, 0.29) is 18.2 Å². The van der Waals surface area contributed by atoms with Crippen LogP contribution in [0.4, 0.5) is 5.69 Å². The molecule has 0 bridgehead atoms. The van der Waals surface area contributed by atoms with E-state index in [1.807, 2.05) is 0 Å². The second-order valence-corrected chi connectivity index (χ2v) is 4.74. The average Bonchev–Trinajstić information content (AvgIpc) is 2.37. The molecule has 1 aromatic rings. The van der Waals surface area contributed by atoms with Crippen LogP contribution < -0.4 is 11.1 Å². The number of amides is 2. The van der Waals surface area contributed by atoms with Gasteiger partial charge in [0.1, 0.15) is 0 Å². The molecule has 0 heterocycles. The molecular formula is C12H16BrN3O2. The van der Waals surface area contributed by atoms with Crippen molar-refractivity contribution >= 4 is 33.4 Å². The molecule has 18 heavy (non-hydrogen) atoms. The lowest BCUT2D eigenvalue weighted by Gasteiger charge is -2.17. The number of carbonyl (C=O) groups excluding carboxylic acids is 2. The molecule has 5 nitrogen and oxygen atoms in total. The molecule has 0 aliphatic rings. The lowest BCUT2D eigenvalue weighted by atomic mass is 10.2. The summed E-state index contributed by atoms with van der Waals surface area (Å²) in [6.07, 6.45) is 0.282. The normalized spacial score (nSPS) is 9.94. The molecule has 2 amide bonds. The van der Waals surface area contributed by atoms with Crippen molar-refractivity contribution in [3.05, 3.63) is 28.2 Å². The smallest absolute Gasteiger partial charge is 0.253 e. The Morgan fingerprint density at radius 3 is 2.67 bits per heavy atom. The quantitative estimate of drug-likeness (QED) is 0.821. The van der Waals surface area contributed by atoms with Crippen LogP contribution in [-0.2, 0) is 4.79 Å². The summed E-state index contributed by atoms with van der Waals surface area (Å²) in [5, 5.41) is 2.51. The summed E-state index contributed by atoms with van der Waals surface area (Å²) < 4.78 is 0.757. The predicted octanol–water partition coefficient (Wildman–Crippen LogP) is 1.24. The molecule has 0 fully saturated rings. The summed E-state index contributed by atoms with van der Waals surface area (Å²) in [6, 6.07) is 5.04. The number of hydrogen-bond acceptors (Lipinski definition) is 3. The standard InChI is InChI=1S/C12H16BrN3O2/c1-15-11(17)5-6-16(2)12(18)8-3-4-9(13)10(14)7-8/h3-4,7H,5-6,14H2,1-2H3,(H,15,17). The highest BCUT2D eigenvalue weighted by atomic mass is 79.9. The lowest BCUT2D eigenvalue weighted by Crippen LogP contribution is -2.31. The van der Waals surface area contributed by atoms with Crippen LogP contribution in [0.15, 0.2) is 22.7 Å². The van der Waals surface area contributed by atoms with Gasteiger partial charge < -0.3 is 16.0 Å². The summed E-state index contributed by atoms with van der Waals surface area (Å²) in [4.78, 5) is 24.6. The van der Waals surface area contributed by atoms with Gasteiger partial charge in [0.2, 0.25) is 5.91 Å². The molecule has 98 valence electrons. The van der Waals surface area contributed by atoms with Gasteiger partial charge in [0, 0.05) is 42.8 Å². The van der Waals surface area contributed by atoms with Gasteiger partial charge in [-0.3, -0.25) is 9.59 Å². The number of carbonyl (C=O) groups is 2. The highest BCUT2D eigenvalue weighted by Gasteiger charge is 2.13. The molecule has 0 aliphatic carbocycles. The second kappa shape index (κ2) is 6.39. The third-order valence-electron chi connectivity index (χ3n) is 2.54. The molecule has 0 saturated carbocycles. The van der Waals surface area contributed by atoms with Gasteiger partial charge in [-0.25, -0.2) is 0 Å². The van der Waals surface area contributed by atoms with Crippen LogP contribution in [0.3, 0.4) is 0 Å². The number of nitrogens with one attached hydrogen (secondary N) is 1. The van der Waals surface area contributed by atoms with Gasteiger partial charge in [-0.1, -0.05) is 0 Å². The zero-order valence-corrected chi connectivity index (χ0v) is 12.0. The maximum atomic E-state index is 12.0. The fraction of sp³-hybridized carbons (Fsp3) is 0.333. The van der Waals surface area contributed by atoms with Crippen molar-refractivity contribution < 1.29 is 9.59 Å². The van der Waals surface area contributed by atoms with Crippen LogP contribution >= 0.6 is 15.9 Å². The van der Waals surface area contributed by atoms with Crippen molar-refractivity contribution in [3.8, 4) is 0 Å². The van der Waals surface area contributed by atoms with Crippen LogP contribution in [0.1, 0.15) is 16.8 Å². The van der Waals surface area contributed by atoms with Crippen LogP contribution in [0.25, 0.3) is 0 Å². The fourth-order valence-electron chi connectivity index (χ4n) is 1.39. The first-order chi connectivity index (χ1) is 8.45. The Morgan fingerprint density at radius 1 is 1.44 bits per heavy atom. The summed E-state index contributed by atoms with van der Waals surface area (Å²) >= 11 is 3.27. The zero-order chi connectivity index (χ0) is 13.7. The molecule has 0 unspecified atom stereocenters. The van der Waals surface area contributed by atoms with Crippen molar-refractivity contribution in [2.75, 3.05) is 26.4 Å². The monoisotopic (exact) mass is 313 g/mol. The van der Waals surface area contributed by atoms with E-state index in [0.29, 0.717) is 17.8 Å². The van der Waals surface area contributed by atoms with Gasteiger partial charge in [0.05, 0.1) is 0 Å². The Kier molecular flexibility index (Phi) is 5.15. The lowest BCUT2D eigenvalue weighted by molar-refractivity contribution is -0.120. The van der Waals surface area contributed by atoms with Gasteiger partial charge in [0.25, 0.3) is 5.91 Å². The molecule has 0 spiro atoms. The van der Waals surface area contributed by atoms with Gasteiger partial charge in [-0.05, 0) is 34.1 Å². The number of nitrogen functional groups attached to an aromatic ring is 1. The summed E-state index contributed by atoms with van der Waals surface area (Å²) in [5.74, 6) is -0.247. The molecule has 3 N–H and O–H groups in total. The van der Waals surface area contributed by atoms with Gasteiger partial charge in [-0.15, -0.1) is 0 Å². The van der Waals surface area contributed by atoms with Crippen molar-refractivity contribution in [1.29, 1.82) is 0 Å². The van der Waals surface area contributed by atoms with E-state index >= 15 is 0 Å². The number of hydrogen-bond donors (Lipinski definition) is 2. The topological polar surface area (TPSA) is 75.4 Å². The van der Waals surface area contributed by atoms with E-state index in [4.69, 9.17) is 5.73 Å². The van der Waals surface area contributed by atoms with E-state index in [0.717, 1.165) is 4.47 Å². The number of halogens is 1. The van der Waals surface area contributed by atoms with Crippen molar-refractivity contribution in [3.63, 3.8) is 0 Å². The van der Waals surface area contributed by atoms with Crippen molar-refractivity contribution in [2.45, 2.75) is 6.42 Å². The maximum absolute atomic E-state index is 12.0. The highest BCUT2D eigenvalue weighted by molar-refractivity contribution is 9.10. The van der Waals surface area contributed by atoms with Crippen LogP contribution in [0, 0.1) is 0 Å². The summed E-state index contributed by atoms with van der Waals surface area (Å²) in [6.45, 7) is 0.370. The minimum atomic E-state index is -0.155. The van der Waals surface area contributed by atoms with Gasteiger partial charge in [0.15, 0.2) is 0 Å². The minimum absolute atomic E-state index is 0.0926. The molecule has 0 saturated heterocycles. The van der Waals surface area contributed by atoms with E-state index < -0.39 is 0 Å². The summed E-state index contributed by atoms with van der Waals surface area (Å²) in [5.41, 5.74) is 6.74. The Labute approximate surface area is 114 Å². The van der Waals surface area contributed by atoms with Crippen molar-refractivity contribution in [2.24, 2.45) is 0 Å². The number of benzene rings is 1. The first-order valence-electron chi connectivity index (χ1n) is 5.46. The third-order valence-corrected chi connectivity index (χ3v) is 3.26. The largest absolute Gasteiger partial charge is 0.398 e. The van der Waals surface area contributed by atoms with E-state index in [9.17, 15) is 9.59 Å². The van der Waals surface area contributed by atoms with Gasteiger partial charge in [-0.2, -0.15) is 0 Å². The fourth-order valence-corrected chi connectivity index (χ4v) is 1.64. The molecular weight excluding hydrogens is 298 g/mol. The molecule has 0 radical (unpaired) electrons. The van der Waals surface area contributed by atoms with Crippen LogP contribution in [0.2, 0.25) is 0 Å². The molecule has 6 heteroatoms. The Balaban J connectivity index is 2.68. The maximum Gasteiger partial charge on any atom is 0.253 e. The van der Waals surface area contributed by atoms with E-state index in [1.165, 1.54) is 4.90 Å². The Hall–Kier alpha value is -1.56. The Bertz CT molecular complexity index is 463. The highest BCUT2D eigenvalue weighted by Crippen LogP contribution is 2.20. The SMILES string of the molecule is CNC(=O)CCN(C)C(=O)c1ccc(Br)c(N)c1. The molecule has 0 aliphatic heterocycles. The van der Waals surface area contributed by atoms with Gasteiger partial charge >= 0.3 is 0 Å². The first-order valence-corrected chi connectivity index (χ1v) is 6.26. The number of nitrogens with two attached hydrogens (primary N) is 1. The zero-order valence-electron chi connectivity index (χ0n) is 10.4. The Morgan fingerprint density at radius 2 is 2.11 bits per heavy atom. The van der Waals surface area contributed by atoms with Crippen molar-refractivity contribution in [1.82, 2.24) is 10.2 Å². The second-order valence-electron chi connectivity index (χ2n) is 3.89. The first kappa shape index (κ1) is 14.5. The molecule has 0 aromatic heterocycles. The molecule has 1 aromatic carbocycles. The molecule has 1 rings (SSSR count). The number of rotatable bonds is 4. The molecule has 0 atom stereocenters. The van der Waals surface area contributed by atoms with Crippen LogP contribution in [0.5, 0.6) is 0 Å². The van der Waals surface area contributed by atoms with E-state index in [2.05, 4.69) is 21.2 Å². The van der Waals surface area contributed by atoms with E-state index in [1.54, 1.807) is 32.3 Å². The number of anilines is 1. The van der Waals surface area contributed by atoms with Crippen LogP contribution in [-0.4, -0.2) is 37.4 Å². The predicted molar refractivity (Wildman–Crippen MR) is 74.2 cm³/mol. The average molecular weight is 314 g/mol. The summed E-state index contributed by atoms with van der Waals surface area (Å²) in [7, 11) is 3.23. The number of nitrogens with zero attached hydrogens (tertiary/aromatic N) is 1. The minimum Gasteiger partial charge on any atom is -0.398 e.